The molecule has 18 nitrogen and oxygen atoms in total. The minimum atomic E-state index is -0.140. The maximum absolute atomic E-state index is 12.3. The molecule has 18 heteroatoms. The molecule has 2 aromatic heterocycles. The lowest BCUT2D eigenvalue weighted by molar-refractivity contribution is -0.116. The van der Waals surface area contributed by atoms with Crippen LogP contribution in [0.5, 0.6) is 12.0 Å². The molecule has 0 radical (unpaired) electrons. The van der Waals surface area contributed by atoms with Crippen LogP contribution in [0.4, 0.5) is 34.6 Å². The Morgan fingerprint density at radius 3 is 1.33 bits per heavy atom. The molecule has 320 valence electrons. The van der Waals surface area contributed by atoms with E-state index in [4.69, 9.17) is 30.4 Å². The number of ether oxygens (including phenoxy) is 4. The smallest absolute Gasteiger partial charge is 0.320 e. The van der Waals surface area contributed by atoms with Gasteiger partial charge in [0.2, 0.25) is 11.8 Å². The Hall–Kier alpha value is -5.82. The molecule has 8 rings (SSSR count). The zero-order chi connectivity index (χ0) is 41.8. The van der Waals surface area contributed by atoms with Crippen LogP contribution in [0.25, 0.3) is 0 Å². The second kappa shape index (κ2) is 20.4. The number of aromatic nitrogens is 4. The number of hydrogen-bond acceptors (Lipinski definition) is 16. The van der Waals surface area contributed by atoms with Gasteiger partial charge in [0.25, 0.3) is 0 Å². The van der Waals surface area contributed by atoms with Crippen LogP contribution in [0.3, 0.4) is 0 Å². The first-order chi connectivity index (χ1) is 29.2. The van der Waals surface area contributed by atoms with Gasteiger partial charge in [-0.05, 0) is 74.1 Å². The fraction of sp³-hybridized carbons (Fsp3) is 0.476. The number of nitrogen functional groups attached to an aromatic ring is 2. The Kier molecular flexibility index (Phi) is 14.4. The minimum Gasteiger partial charge on any atom is -0.461 e. The summed E-state index contributed by atoms with van der Waals surface area (Å²) in [6.45, 7) is 9.50. The molecule has 60 heavy (non-hydrogen) atoms. The largest absolute Gasteiger partial charge is 0.461 e. The van der Waals surface area contributed by atoms with Crippen LogP contribution in [0.2, 0.25) is 0 Å². The molecule has 4 aliphatic heterocycles. The molecule has 0 aliphatic carbocycles. The van der Waals surface area contributed by atoms with E-state index in [2.05, 4.69) is 88.9 Å². The van der Waals surface area contributed by atoms with Gasteiger partial charge in [0, 0.05) is 40.4 Å². The minimum absolute atomic E-state index is 0.140. The number of hydrogen-bond donors (Lipinski definition) is 4. The van der Waals surface area contributed by atoms with Crippen LogP contribution < -0.4 is 41.4 Å². The quantitative estimate of drug-likeness (QED) is 0.119. The van der Waals surface area contributed by atoms with Gasteiger partial charge in [0.15, 0.2) is 23.3 Å². The van der Waals surface area contributed by atoms with Crippen molar-refractivity contribution in [2.45, 2.75) is 51.9 Å². The number of likely N-dealkylation sites (tertiary alicyclic amines) is 2. The van der Waals surface area contributed by atoms with E-state index in [0.29, 0.717) is 62.5 Å². The van der Waals surface area contributed by atoms with Crippen LogP contribution in [0.15, 0.2) is 48.5 Å². The normalized spacial score (nSPS) is 16.4. The molecule has 2 fully saturated rings. The van der Waals surface area contributed by atoms with Crippen LogP contribution in [0.1, 0.15) is 47.9 Å². The van der Waals surface area contributed by atoms with Gasteiger partial charge in [-0.15, -0.1) is 0 Å². The van der Waals surface area contributed by atoms with Gasteiger partial charge in [-0.3, -0.25) is 19.4 Å². The summed E-state index contributed by atoms with van der Waals surface area (Å²) in [6, 6.07) is 17.3. The summed E-state index contributed by atoms with van der Waals surface area (Å²) in [6.07, 6.45) is 5.09. The van der Waals surface area contributed by atoms with Crippen molar-refractivity contribution < 1.29 is 28.5 Å². The zero-order valence-corrected chi connectivity index (χ0v) is 34.5. The third-order valence-corrected chi connectivity index (χ3v) is 10.6. The molecule has 6 heterocycles. The summed E-state index contributed by atoms with van der Waals surface area (Å²) >= 11 is 0. The first kappa shape index (κ1) is 42.3. The van der Waals surface area contributed by atoms with Crippen LogP contribution >= 0.6 is 0 Å². The summed E-state index contributed by atoms with van der Waals surface area (Å²) in [5.74, 6) is 1.23. The lowest BCUT2D eigenvalue weighted by Crippen LogP contribution is -2.39. The van der Waals surface area contributed by atoms with Gasteiger partial charge in [0.1, 0.15) is 24.6 Å². The number of carbonyl (C=O) groups is 2. The maximum atomic E-state index is 12.3. The van der Waals surface area contributed by atoms with Gasteiger partial charge in [-0.2, -0.15) is 19.9 Å². The van der Waals surface area contributed by atoms with E-state index in [1.54, 1.807) is 14.2 Å². The summed E-state index contributed by atoms with van der Waals surface area (Å²) in [5.41, 5.74) is 17.8. The van der Waals surface area contributed by atoms with E-state index in [9.17, 15) is 9.59 Å². The number of nitrogens with zero attached hydrogens (tertiary/aromatic N) is 8. The molecular formula is C42H56N12O6. The van der Waals surface area contributed by atoms with E-state index < -0.39 is 0 Å². The third-order valence-electron chi connectivity index (χ3n) is 10.6. The molecule has 0 unspecified atom stereocenters. The zero-order valence-electron chi connectivity index (χ0n) is 34.5. The van der Waals surface area contributed by atoms with Gasteiger partial charge in [-0.25, -0.2) is 0 Å². The molecule has 2 aromatic carbocycles. The Balaban J connectivity index is 0.000000181. The predicted molar refractivity (Wildman–Crippen MR) is 229 cm³/mol. The van der Waals surface area contributed by atoms with Crippen molar-refractivity contribution in [2.24, 2.45) is 0 Å². The average Bonchev–Trinajstić information content (AvgIpc) is 3.95. The van der Waals surface area contributed by atoms with Gasteiger partial charge in [0.05, 0.1) is 26.3 Å². The Labute approximate surface area is 350 Å². The highest BCUT2D eigenvalue weighted by atomic mass is 16.5. The highest BCUT2D eigenvalue weighted by Gasteiger charge is 2.29. The lowest BCUT2D eigenvalue weighted by Gasteiger charge is -2.30. The van der Waals surface area contributed by atoms with Crippen LogP contribution in [-0.2, 0) is 45.2 Å². The number of anilines is 6. The third kappa shape index (κ3) is 11.3. The van der Waals surface area contributed by atoms with Gasteiger partial charge >= 0.3 is 12.0 Å². The molecule has 2 saturated heterocycles. The fourth-order valence-corrected chi connectivity index (χ4v) is 7.76. The van der Waals surface area contributed by atoms with Gasteiger partial charge < -0.3 is 50.8 Å². The maximum Gasteiger partial charge on any atom is 0.320 e. The first-order valence-electron chi connectivity index (χ1n) is 20.5. The number of fused-ring (bicyclic) bond motifs is 2. The highest BCUT2D eigenvalue weighted by molar-refractivity contribution is 6.03. The number of nitrogens with one attached hydrogen (secondary N) is 2. The average molecular weight is 825 g/mol. The van der Waals surface area contributed by atoms with Crippen molar-refractivity contribution in [3.8, 4) is 12.0 Å². The lowest BCUT2D eigenvalue weighted by atomic mass is 10.1. The van der Waals surface area contributed by atoms with Crippen molar-refractivity contribution in [3.05, 3.63) is 70.8 Å². The number of rotatable bonds is 16. The summed E-state index contributed by atoms with van der Waals surface area (Å²) in [4.78, 5) is 50.6. The standard InChI is InChI=1S/2C21H28N6O3/c2*1-29-9-10-30-21-24-19(22)18-20(25-21)27(14-17(28)23-18)13-16-6-4-5-15(11-16)12-26-7-2-3-8-26/h2*4-6,11H,2-3,7-10,12-14H2,1H3,(H,23,28)(H2,22,24,25). The van der Waals surface area contributed by atoms with Gasteiger partial charge in [-0.1, -0.05) is 48.5 Å². The summed E-state index contributed by atoms with van der Waals surface area (Å²) in [5, 5.41) is 5.56. The number of nitrogens with two attached hydrogens (primary N) is 2. The van der Waals surface area contributed by atoms with E-state index in [-0.39, 0.29) is 48.6 Å². The van der Waals surface area contributed by atoms with E-state index >= 15 is 0 Å². The molecule has 0 saturated carbocycles. The van der Waals surface area contributed by atoms with Crippen molar-refractivity contribution in [1.82, 2.24) is 29.7 Å². The number of carbonyl (C=O) groups excluding carboxylic acids is 2. The highest BCUT2D eigenvalue weighted by Crippen LogP contribution is 2.36. The number of amides is 2. The molecule has 0 atom stereocenters. The van der Waals surface area contributed by atoms with Crippen molar-refractivity contribution in [3.63, 3.8) is 0 Å². The van der Waals surface area contributed by atoms with Crippen LogP contribution in [-0.4, -0.2) is 121 Å². The Morgan fingerprint density at radius 1 is 0.567 bits per heavy atom. The molecular weight excluding hydrogens is 769 g/mol. The molecule has 6 N–H and O–H groups in total. The summed E-state index contributed by atoms with van der Waals surface area (Å²) < 4.78 is 21.1. The SMILES string of the molecule is COCCOc1nc(N)c2c(n1)N(Cc1cccc(CN3CCCC3)c1)CC(=O)N2.COCCOc1nc(N)c2c(n1)N(Cc1cccc(CN3CCCC3)c1)CC(=O)N2. The second-order valence-corrected chi connectivity index (χ2v) is 15.3. The number of benzene rings is 2. The van der Waals surface area contributed by atoms with E-state index in [1.165, 1.54) is 36.8 Å². The van der Waals surface area contributed by atoms with Crippen molar-refractivity contribution in [2.75, 3.05) is 112 Å². The number of methoxy groups -OCH3 is 2. The Morgan fingerprint density at radius 2 is 0.950 bits per heavy atom. The molecule has 0 bridgehead atoms. The van der Waals surface area contributed by atoms with Crippen molar-refractivity contribution >= 4 is 46.5 Å². The molecule has 0 spiro atoms. The second-order valence-electron chi connectivity index (χ2n) is 15.3. The summed E-state index contributed by atoms with van der Waals surface area (Å²) in [7, 11) is 3.20. The first-order valence-corrected chi connectivity index (χ1v) is 20.5. The van der Waals surface area contributed by atoms with Crippen LogP contribution in [0, 0.1) is 0 Å². The van der Waals surface area contributed by atoms with E-state index in [1.807, 2.05) is 9.80 Å². The predicted octanol–water partition coefficient (Wildman–Crippen LogP) is 3.28. The molecule has 2 amide bonds. The molecule has 4 aliphatic rings. The van der Waals surface area contributed by atoms with Crippen molar-refractivity contribution in [1.29, 1.82) is 0 Å². The fourth-order valence-electron chi connectivity index (χ4n) is 7.76. The monoisotopic (exact) mass is 824 g/mol. The Bertz CT molecular complexity index is 1950. The van der Waals surface area contributed by atoms with E-state index in [0.717, 1.165) is 50.4 Å². The topological polar surface area (TPSA) is 212 Å². The molecule has 4 aromatic rings.